The Hall–Kier alpha value is -1.36. The molecule has 0 aromatic carbocycles. The minimum atomic E-state index is -0.587. The minimum absolute atomic E-state index is 0.0695. The van der Waals surface area contributed by atoms with E-state index < -0.39 is 6.04 Å². The van der Waals surface area contributed by atoms with Gasteiger partial charge in [0, 0.05) is 4.88 Å². The summed E-state index contributed by atoms with van der Waals surface area (Å²) in [6.07, 6.45) is 2.94. The van der Waals surface area contributed by atoms with Crippen LogP contribution in [-0.4, -0.2) is 24.5 Å². The van der Waals surface area contributed by atoms with Crippen LogP contribution in [0.4, 0.5) is 0 Å². The third kappa shape index (κ3) is 3.15. The standard InChI is InChI=1S/C14H19NO3S/c1-3-18-14(17)9(2)15-13(16)11-5-4-6-12-10(11)7-8-19-12/h7-9,11H,3-6H2,1-2H3,(H,15,16). The van der Waals surface area contributed by atoms with Crippen LogP contribution in [0.2, 0.25) is 0 Å². The van der Waals surface area contributed by atoms with Crippen LogP contribution in [0.3, 0.4) is 0 Å². The molecule has 5 heteroatoms. The lowest BCUT2D eigenvalue weighted by Crippen LogP contribution is -2.42. The van der Waals surface area contributed by atoms with E-state index in [1.54, 1.807) is 25.2 Å². The topological polar surface area (TPSA) is 55.4 Å². The van der Waals surface area contributed by atoms with Crippen molar-refractivity contribution in [3.63, 3.8) is 0 Å². The van der Waals surface area contributed by atoms with Crippen LogP contribution < -0.4 is 5.32 Å². The zero-order valence-electron chi connectivity index (χ0n) is 11.3. The summed E-state index contributed by atoms with van der Waals surface area (Å²) in [7, 11) is 0. The van der Waals surface area contributed by atoms with Gasteiger partial charge in [-0.25, -0.2) is 4.79 Å². The van der Waals surface area contributed by atoms with E-state index in [4.69, 9.17) is 4.74 Å². The number of carbonyl (C=O) groups is 2. The van der Waals surface area contributed by atoms with Gasteiger partial charge in [0.2, 0.25) is 5.91 Å². The normalized spacial score (nSPS) is 19.4. The number of nitrogens with one attached hydrogen (secondary N) is 1. The molecule has 0 aliphatic heterocycles. The van der Waals surface area contributed by atoms with E-state index >= 15 is 0 Å². The van der Waals surface area contributed by atoms with Crippen LogP contribution in [0.5, 0.6) is 0 Å². The van der Waals surface area contributed by atoms with Crippen LogP contribution in [0, 0.1) is 0 Å². The fraction of sp³-hybridized carbons (Fsp3) is 0.571. The zero-order valence-corrected chi connectivity index (χ0v) is 12.1. The number of esters is 1. The number of rotatable bonds is 4. The van der Waals surface area contributed by atoms with Gasteiger partial charge in [-0.15, -0.1) is 11.3 Å². The smallest absolute Gasteiger partial charge is 0.328 e. The van der Waals surface area contributed by atoms with Gasteiger partial charge in [0.25, 0.3) is 0 Å². The van der Waals surface area contributed by atoms with Gasteiger partial charge in [-0.1, -0.05) is 0 Å². The summed E-state index contributed by atoms with van der Waals surface area (Å²) >= 11 is 1.71. The third-order valence-corrected chi connectivity index (χ3v) is 4.36. The van der Waals surface area contributed by atoms with E-state index in [9.17, 15) is 9.59 Å². The summed E-state index contributed by atoms with van der Waals surface area (Å²) in [5.74, 6) is -0.566. The zero-order chi connectivity index (χ0) is 13.8. The molecular weight excluding hydrogens is 262 g/mol. The summed E-state index contributed by atoms with van der Waals surface area (Å²) < 4.78 is 4.89. The molecule has 2 unspecified atom stereocenters. The second-order valence-electron chi connectivity index (χ2n) is 4.73. The highest BCUT2D eigenvalue weighted by atomic mass is 32.1. The lowest BCUT2D eigenvalue weighted by atomic mass is 9.87. The molecule has 0 fully saturated rings. The fourth-order valence-corrected chi connectivity index (χ4v) is 3.39. The molecule has 1 heterocycles. The van der Waals surface area contributed by atoms with Crippen molar-refractivity contribution >= 4 is 23.2 Å². The number of hydrogen-bond donors (Lipinski definition) is 1. The Morgan fingerprint density at radius 3 is 3.11 bits per heavy atom. The summed E-state index contributed by atoms with van der Waals surface area (Å²) in [6, 6.07) is 1.44. The molecule has 0 radical (unpaired) electrons. The second-order valence-corrected chi connectivity index (χ2v) is 5.73. The van der Waals surface area contributed by atoms with Crippen LogP contribution in [0.25, 0.3) is 0 Å². The summed E-state index contributed by atoms with van der Waals surface area (Å²) in [5, 5.41) is 4.79. The molecule has 1 aliphatic carbocycles. The first-order valence-electron chi connectivity index (χ1n) is 6.66. The lowest BCUT2D eigenvalue weighted by Gasteiger charge is -2.23. The molecule has 0 saturated heterocycles. The molecule has 2 rings (SSSR count). The number of thiophene rings is 1. The van der Waals surface area contributed by atoms with Gasteiger partial charge < -0.3 is 10.1 Å². The molecule has 1 amide bonds. The Morgan fingerprint density at radius 2 is 2.37 bits per heavy atom. The van der Waals surface area contributed by atoms with E-state index in [0.29, 0.717) is 6.61 Å². The Morgan fingerprint density at radius 1 is 1.58 bits per heavy atom. The molecule has 0 bridgehead atoms. The number of amides is 1. The van der Waals surface area contributed by atoms with E-state index in [1.807, 2.05) is 11.4 Å². The van der Waals surface area contributed by atoms with Gasteiger partial charge in [-0.3, -0.25) is 4.79 Å². The Labute approximate surface area is 117 Å². The van der Waals surface area contributed by atoms with Crippen molar-refractivity contribution < 1.29 is 14.3 Å². The molecule has 1 aromatic rings. The largest absolute Gasteiger partial charge is 0.464 e. The molecule has 0 saturated carbocycles. The molecular formula is C14H19NO3S. The quantitative estimate of drug-likeness (QED) is 0.861. The van der Waals surface area contributed by atoms with Gasteiger partial charge >= 0.3 is 5.97 Å². The summed E-state index contributed by atoms with van der Waals surface area (Å²) in [5.41, 5.74) is 1.13. The van der Waals surface area contributed by atoms with Crippen LogP contribution in [0.15, 0.2) is 11.4 Å². The first-order valence-corrected chi connectivity index (χ1v) is 7.54. The van der Waals surface area contributed by atoms with Gasteiger partial charge in [0.05, 0.1) is 12.5 Å². The van der Waals surface area contributed by atoms with Crippen LogP contribution in [-0.2, 0) is 20.7 Å². The molecule has 1 N–H and O–H groups in total. The van der Waals surface area contributed by atoms with Crippen molar-refractivity contribution in [1.82, 2.24) is 5.32 Å². The van der Waals surface area contributed by atoms with E-state index in [-0.39, 0.29) is 17.8 Å². The van der Waals surface area contributed by atoms with Crippen molar-refractivity contribution in [1.29, 1.82) is 0 Å². The molecule has 2 atom stereocenters. The SMILES string of the molecule is CCOC(=O)C(C)NC(=O)C1CCCc2sccc21. The third-order valence-electron chi connectivity index (χ3n) is 3.37. The van der Waals surface area contributed by atoms with E-state index in [0.717, 1.165) is 24.8 Å². The van der Waals surface area contributed by atoms with Crippen molar-refractivity contribution in [3.05, 3.63) is 21.9 Å². The second kappa shape index (κ2) is 6.19. The highest BCUT2D eigenvalue weighted by molar-refractivity contribution is 7.10. The summed E-state index contributed by atoms with van der Waals surface area (Å²) in [4.78, 5) is 25.1. The highest BCUT2D eigenvalue weighted by Gasteiger charge is 2.29. The predicted molar refractivity (Wildman–Crippen MR) is 74.2 cm³/mol. The maximum atomic E-state index is 12.3. The number of aryl methyl sites for hydroxylation is 1. The van der Waals surface area contributed by atoms with Crippen molar-refractivity contribution in [2.75, 3.05) is 6.61 Å². The maximum Gasteiger partial charge on any atom is 0.328 e. The van der Waals surface area contributed by atoms with E-state index in [2.05, 4.69) is 5.32 Å². The molecule has 19 heavy (non-hydrogen) atoms. The molecule has 4 nitrogen and oxygen atoms in total. The fourth-order valence-electron chi connectivity index (χ4n) is 2.40. The summed E-state index contributed by atoms with van der Waals surface area (Å²) in [6.45, 7) is 3.75. The van der Waals surface area contributed by atoms with Gasteiger partial charge in [-0.05, 0) is 50.1 Å². The number of fused-ring (bicyclic) bond motifs is 1. The van der Waals surface area contributed by atoms with E-state index in [1.165, 1.54) is 4.88 Å². The minimum Gasteiger partial charge on any atom is -0.464 e. The molecule has 104 valence electrons. The molecule has 1 aliphatic rings. The number of hydrogen-bond acceptors (Lipinski definition) is 4. The molecule has 0 spiro atoms. The van der Waals surface area contributed by atoms with Crippen LogP contribution >= 0.6 is 11.3 Å². The van der Waals surface area contributed by atoms with Crippen LogP contribution in [0.1, 0.15) is 43.0 Å². The average Bonchev–Trinajstić information content (AvgIpc) is 2.86. The molecule has 1 aromatic heterocycles. The Kier molecular flexibility index (Phi) is 4.58. The monoisotopic (exact) mass is 281 g/mol. The maximum absolute atomic E-state index is 12.3. The first kappa shape index (κ1) is 14.1. The number of ether oxygens (including phenoxy) is 1. The number of carbonyl (C=O) groups excluding carboxylic acids is 2. The Bertz CT molecular complexity index is 469. The Balaban J connectivity index is 2.00. The van der Waals surface area contributed by atoms with Crippen molar-refractivity contribution in [2.24, 2.45) is 0 Å². The average molecular weight is 281 g/mol. The predicted octanol–water partition coefficient (Wildman–Crippen LogP) is 2.24. The highest BCUT2D eigenvalue weighted by Crippen LogP contribution is 2.35. The van der Waals surface area contributed by atoms with Crippen molar-refractivity contribution in [2.45, 2.75) is 45.1 Å². The van der Waals surface area contributed by atoms with Gasteiger partial charge in [0.15, 0.2) is 0 Å². The lowest BCUT2D eigenvalue weighted by molar-refractivity contribution is -0.147. The van der Waals surface area contributed by atoms with Crippen molar-refractivity contribution in [3.8, 4) is 0 Å². The van der Waals surface area contributed by atoms with Gasteiger partial charge in [-0.2, -0.15) is 0 Å². The van der Waals surface area contributed by atoms with Gasteiger partial charge in [0.1, 0.15) is 6.04 Å². The first-order chi connectivity index (χ1) is 9.13.